The van der Waals surface area contributed by atoms with Crippen molar-refractivity contribution in [3.63, 3.8) is 0 Å². The molecule has 12 heavy (non-hydrogen) atoms. The van der Waals surface area contributed by atoms with E-state index in [1.54, 1.807) is 0 Å². The topological polar surface area (TPSA) is 26.0 Å². The van der Waals surface area contributed by atoms with Crippen LogP contribution < -0.4 is 5.73 Å². The Kier molecular flexibility index (Phi) is 3.76. The molecule has 1 aromatic carbocycles. The molecule has 0 aliphatic rings. The van der Waals surface area contributed by atoms with E-state index in [-0.39, 0.29) is 0 Å². The summed E-state index contributed by atoms with van der Waals surface area (Å²) in [6, 6.07) is 8.29. The van der Waals surface area contributed by atoms with Crippen LogP contribution in [0.25, 0.3) is 0 Å². The zero-order chi connectivity index (χ0) is 8.97. The smallest absolute Gasteiger partial charge is 0.0207 e. The van der Waals surface area contributed by atoms with Gasteiger partial charge in [-0.25, -0.2) is 0 Å². The zero-order valence-corrected chi connectivity index (χ0v) is 8.84. The summed E-state index contributed by atoms with van der Waals surface area (Å²) < 4.78 is 1.19. The third-order valence-corrected chi connectivity index (χ3v) is 2.70. The first-order valence-corrected chi connectivity index (χ1v) is 4.96. The maximum Gasteiger partial charge on any atom is 0.0207 e. The Hall–Kier alpha value is -0.340. The van der Waals surface area contributed by atoms with Gasteiger partial charge in [0.15, 0.2) is 0 Å². The first kappa shape index (κ1) is 9.75. The molecule has 0 spiro atoms. The van der Waals surface area contributed by atoms with Gasteiger partial charge in [-0.15, -0.1) is 0 Å². The lowest BCUT2D eigenvalue weighted by Gasteiger charge is -2.09. The highest BCUT2D eigenvalue weighted by atomic mass is 79.9. The van der Waals surface area contributed by atoms with E-state index in [1.165, 1.54) is 10.0 Å². The van der Waals surface area contributed by atoms with Crippen molar-refractivity contribution in [1.82, 2.24) is 0 Å². The summed E-state index contributed by atoms with van der Waals surface area (Å²) in [6.07, 6.45) is 1.05. The molecule has 2 N–H and O–H groups in total. The molecule has 1 nitrogen and oxygen atoms in total. The quantitative estimate of drug-likeness (QED) is 0.845. The van der Waals surface area contributed by atoms with Gasteiger partial charge in [0.2, 0.25) is 0 Å². The minimum atomic E-state index is 0.559. The largest absolute Gasteiger partial charge is 0.330 e. The van der Waals surface area contributed by atoms with Crippen molar-refractivity contribution in [2.75, 3.05) is 6.54 Å². The van der Waals surface area contributed by atoms with Crippen LogP contribution in [0.3, 0.4) is 0 Å². The average Bonchev–Trinajstić information content (AvgIpc) is 2.09. The Morgan fingerprint density at radius 2 is 2.08 bits per heavy atom. The third kappa shape index (κ3) is 2.61. The fourth-order valence-corrected chi connectivity index (χ4v) is 1.57. The maximum atomic E-state index is 5.55. The number of hydrogen-bond donors (Lipinski definition) is 1. The lowest BCUT2D eigenvalue weighted by molar-refractivity contribution is 0.592. The van der Waals surface area contributed by atoms with Crippen molar-refractivity contribution < 1.29 is 0 Å². The lowest BCUT2D eigenvalue weighted by Crippen LogP contribution is -2.13. The molecule has 0 fully saturated rings. The molecule has 0 amide bonds. The Balaban J connectivity index is 2.69. The number of benzene rings is 1. The summed E-state index contributed by atoms with van der Waals surface area (Å²) in [6.45, 7) is 2.92. The van der Waals surface area contributed by atoms with Crippen LogP contribution in [-0.4, -0.2) is 6.54 Å². The molecule has 0 radical (unpaired) electrons. The van der Waals surface area contributed by atoms with Crippen LogP contribution in [0, 0.1) is 5.92 Å². The predicted molar refractivity (Wildman–Crippen MR) is 56.1 cm³/mol. The van der Waals surface area contributed by atoms with Crippen LogP contribution in [0.4, 0.5) is 0 Å². The summed E-state index contributed by atoms with van der Waals surface area (Å²) in [4.78, 5) is 0. The van der Waals surface area contributed by atoms with Crippen molar-refractivity contribution in [2.24, 2.45) is 11.7 Å². The Labute approximate surface area is 82.1 Å². The summed E-state index contributed by atoms with van der Waals surface area (Å²) in [7, 11) is 0. The zero-order valence-electron chi connectivity index (χ0n) is 7.26. The molecule has 0 aromatic heterocycles. The van der Waals surface area contributed by atoms with E-state index < -0.39 is 0 Å². The van der Waals surface area contributed by atoms with Crippen LogP contribution in [0.2, 0.25) is 0 Å². The molecule has 0 heterocycles. The molecule has 0 bridgehead atoms. The molecule has 1 atom stereocenters. The maximum absolute atomic E-state index is 5.55. The highest BCUT2D eigenvalue weighted by Crippen LogP contribution is 2.18. The Morgan fingerprint density at radius 3 is 2.67 bits per heavy atom. The van der Waals surface area contributed by atoms with Crippen LogP contribution in [0.15, 0.2) is 28.7 Å². The van der Waals surface area contributed by atoms with Gasteiger partial charge >= 0.3 is 0 Å². The summed E-state index contributed by atoms with van der Waals surface area (Å²) in [5.41, 5.74) is 6.90. The third-order valence-electron chi connectivity index (χ3n) is 1.93. The van der Waals surface area contributed by atoms with Gasteiger partial charge in [0, 0.05) is 4.47 Å². The van der Waals surface area contributed by atoms with Crippen LogP contribution >= 0.6 is 15.9 Å². The fraction of sp³-hybridized carbons (Fsp3) is 0.400. The molecule has 66 valence electrons. The molecule has 0 saturated heterocycles. The monoisotopic (exact) mass is 227 g/mol. The second kappa shape index (κ2) is 4.63. The van der Waals surface area contributed by atoms with E-state index in [1.807, 2.05) is 6.07 Å². The molecule has 0 unspecified atom stereocenters. The normalized spacial score (nSPS) is 12.9. The SMILES string of the molecule is C[C@H](CN)Cc1ccccc1Br. The minimum absolute atomic E-state index is 0.559. The molecule has 1 aromatic rings. The van der Waals surface area contributed by atoms with Gasteiger partial charge in [-0.2, -0.15) is 0 Å². The van der Waals surface area contributed by atoms with Gasteiger partial charge in [0.25, 0.3) is 0 Å². The van der Waals surface area contributed by atoms with Gasteiger partial charge < -0.3 is 5.73 Å². The molecule has 0 aliphatic heterocycles. The van der Waals surface area contributed by atoms with E-state index in [4.69, 9.17) is 5.73 Å². The van der Waals surface area contributed by atoms with Gasteiger partial charge in [-0.3, -0.25) is 0 Å². The standard InChI is InChI=1S/C10H14BrN/c1-8(7-12)6-9-4-2-3-5-10(9)11/h2-5,8H,6-7,12H2,1H3/t8-/m0/s1. The van der Waals surface area contributed by atoms with Crippen molar-refractivity contribution >= 4 is 15.9 Å². The van der Waals surface area contributed by atoms with Crippen LogP contribution in [0.1, 0.15) is 12.5 Å². The lowest BCUT2D eigenvalue weighted by atomic mass is 10.0. The molecular formula is C10H14BrN. The van der Waals surface area contributed by atoms with Crippen molar-refractivity contribution in [2.45, 2.75) is 13.3 Å². The Morgan fingerprint density at radius 1 is 1.42 bits per heavy atom. The van der Waals surface area contributed by atoms with Crippen LogP contribution in [-0.2, 0) is 6.42 Å². The summed E-state index contributed by atoms with van der Waals surface area (Å²) >= 11 is 3.51. The van der Waals surface area contributed by atoms with Crippen molar-refractivity contribution in [3.8, 4) is 0 Å². The number of hydrogen-bond acceptors (Lipinski definition) is 1. The molecule has 2 heteroatoms. The van der Waals surface area contributed by atoms with E-state index in [2.05, 4.69) is 41.1 Å². The second-order valence-electron chi connectivity index (χ2n) is 3.14. The number of nitrogens with two attached hydrogens (primary N) is 1. The molecular weight excluding hydrogens is 214 g/mol. The van der Waals surface area contributed by atoms with E-state index >= 15 is 0 Å². The Bertz CT molecular complexity index is 247. The number of halogens is 1. The first-order valence-electron chi connectivity index (χ1n) is 4.17. The van der Waals surface area contributed by atoms with E-state index in [0.717, 1.165) is 13.0 Å². The average molecular weight is 228 g/mol. The van der Waals surface area contributed by atoms with Gasteiger partial charge in [0.05, 0.1) is 0 Å². The first-order chi connectivity index (χ1) is 5.74. The second-order valence-corrected chi connectivity index (χ2v) is 3.99. The minimum Gasteiger partial charge on any atom is -0.330 e. The molecule has 0 aliphatic carbocycles. The van der Waals surface area contributed by atoms with Gasteiger partial charge in [0.1, 0.15) is 0 Å². The van der Waals surface area contributed by atoms with Crippen molar-refractivity contribution in [3.05, 3.63) is 34.3 Å². The predicted octanol–water partition coefficient (Wildman–Crippen LogP) is 2.59. The van der Waals surface area contributed by atoms with Crippen LogP contribution in [0.5, 0.6) is 0 Å². The molecule has 0 saturated carbocycles. The summed E-state index contributed by atoms with van der Waals surface area (Å²) in [5, 5.41) is 0. The fourth-order valence-electron chi connectivity index (χ4n) is 1.12. The van der Waals surface area contributed by atoms with E-state index in [9.17, 15) is 0 Å². The highest BCUT2D eigenvalue weighted by molar-refractivity contribution is 9.10. The van der Waals surface area contributed by atoms with E-state index in [0.29, 0.717) is 5.92 Å². The highest BCUT2D eigenvalue weighted by Gasteiger charge is 2.03. The summed E-state index contributed by atoms with van der Waals surface area (Å²) in [5.74, 6) is 0.559. The molecule has 1 rings (SSSR count). The van der Waals surface area contributed by atoms with Gasteiger partial charge in [-0.1, -0.05) is 41.1 Å². The van der Waals surface area contributed by atoms with Crippen molar-refractivity contribution in [1.29, 1.82) is 0 Å². The number of rotatable bonds is 3. The van der Waals surface area contributed by atoms with Gasteiger partial charge in [-0.05, 0) is 30.5 Å².